The van der Waals surface area contributed by atoms with Crippen LogP contribution >= 0.6 is 0 Å². The number of nitrogens with zero attached hydrogens (tertiary/aromatic N) is 1. The molecular formula is C15H23F3N2. The maximum atomic E-state index is 12.1. The Morgan fingerprint density at radius 3 is 2.15 bits per heavy atom. The van der Waals surface area contributed by atoms with Gasteiger partial charge in [-0.1, -0.05) is 29.3 Å². The Morgan fingerprint density at radius 2 is 1.65 bits per heavy atom. The molecule has 0 aliphatic carbocycles. The molecule has 1 rings (SSSR count). The lowest BCUT2D eigenvalue weighted by molar-refractivity contribution is -0.137. The first kappa shape index (κ1) is 17.0. The summed E-state index contributed by atoms with van der Waals surface area (Å²) in [4.78, 5) is 1.68. The second-order valence-corrected chi connectivity index (χ2v) is 5.48. The van der Waals surface area contributed by atoms with Gasteiger partial charge in [0.25, 0.3) is 0 Å². The van der Waals surface area contributed by atoms with Crippen molar-refractivity contribution in [1.82, 2.24) is 4.90 Å². The summed E-state index contributed by atoms with van der Waals surface area (Å²) in [5, 5.41) is 0. The number of hydrogen-bond acceptors (Lipinski definition) is 2. The van der Waals surface area contributed by atoms with Crippen molar-refractivity contribution in [2.45, 2.75) is 38.9 Å². The number of halogens is 3. The molecule has 5 heteroatoms. The maximum absolute atomic E-state index is 12.1. The predicted molar refractivity (Wildman–Crippen MR) is 75.6 cm³/mol. The van der Waals surface area contributed by atoms with Crippen molar-refractivity contribution >= 4 is 0 Å². The molecule has 2 nitrogen and oxygen atoms in total. The SMILES string of the molecule is Cc1cc(C)cc(C(N)CCN(C)CCC(F)(F)F)c1. The average molecular weight is 288 g/mol. The fourth-order valence-electron chi connectivity index (χ4n) is 2.18. The summed E-state index contributed by atoms with van der Waals surface area (Å²) < 4.78 is 36.4. The normalized spacial score (nSPS) is 13.8. The second kappa shape index (κ2) is 7.09. The lowest BCUT2D eigenvalue weighted by Gasteiger charge is -2.20. The Kier molecular flexibility index (Phi) is 6.02. The first-order valence-electron chi connectivity index (χ1n) is 6.76. The lowest BCUT2D eigenvalue weighted by Crippen LogP contribution is -2.27. The molecule has 1 atom stereocenters. The molecule has 0 radical (unpaired) electrons. The van der Waals surface area contributed by atoms with Crippen LogP contribution in [0.2, 0.25) is 0 Å². The van der Waals surface area contributed by atoms with Gasteiger partial charge < -0.3 is 10.6 Å². The van der Waals surface area contributed by atoms with Gasteiger partial charge in [0.15, 0.2) is 0 Å². The molecule has 0 fully saturated rings. The lowest BCUT2D eigenvalue weighted by atomic mass is 10.00. The fourth-order valence-corrected chi connectivity index (χ4v) is 2.18. The van der Waals surface area contributed by atoms with Crippen LogP contribution in [0.4, 0.5) is 13.2 Å². The molecule has 0 spiro atoms. The third-order valence-electron chi connectivity index (χ3n) is 3.27. The summed E-state index contributed by atoms with van der Waals surface area (Å²) >= 11 is 0. The van der Waals surface area contributed by atoms with E-state index in [2.05, 4.69) is 6.07 Å². The Bertz CT molecular complexity index is 409. The van der Waals surface area contributed by atoms with Crippen molar-refractivity contribution in [3.8, 4) is 0 Å². The van der Waals surface area contributed by atoms with Gasteiger partial charge in [0.05, 0.1) is 6.42 Å². The number of alkyl halides is 3. The zero-order chi connectivity index (χ0) is 15.3. The van der Waals surface area contributed by atoms with E-state index in [9.17, 15) is 13.2 Å². The minimum atomic E-state index is -4.09. The average Bonchev–Trinajstić information content (AvgIpc) is 2.31. The van der Waals surface area contributed by atoms with Gasteiger partial charge in [0.2, 0.25) is 0 Å². The number of hydrogen-bond donors (Lipinski definition) is 1. The monoisotopic (exact) mass is 288 g/mol. The molecule has 0 bridgehead atoms. The van der Waals surface area contributed by atoms with Crippen molar-refractivity contribution in [3.05, 3.63) is 34.9 Å². The van der Waals surface area contributed by atoms with Crippen molar-refractivity contribution in [2.24, 2.45) is 5.73 Å². The second-order valence-electron chi connectivity index (χ2n) is 5.48. The van der Waals surface area contributed by atoms with E-state index in [0.717, 1.165) is 16.7 Å². The van der Waals surface area contributed by atoms with Crippen molar-refractivity contribution < 1.29 is 13.2 Å². The van der Waals surface area contributed by atoms with E-state index in [1.807, 2.05) is 26.0 Å². The third kappa shape index (κ3) is 6.39. The highest BCUT2D eigenvalue weighted by molar-refractivity contribution is 5.30. The van der Waals surface area contributed by atoms with Crippen molar-refractivity contribution in [3.63, 3.8) is 0 Å². The van der Waals surface area contributed by atoms with Gasteiger partial charge in [-0.05, 0) is 39.4 Å². The van der Waals surface area contributed by atoms with E-state index in [1.165, 1.54) is 0 Å². The summed E-state index contributed by atoms with van der Waals surface area (Å²) in [5.74, 6) is 0. The standard InChI is InChI=1S/C15H23F3N2/c1-11-8-12(2)10-13(9-11)14(19)4-6-20(3)7-5-15(16,17)18/h8-10,14H,4-7,19H2,1-3H3. The Labute approximate surface area is 118 Å². The highest BCUT2D eigenvalue weighted by Crippen LogP contribution is 2.21. The molecule has 0 amide bonds. The fraction of sp³-hybridized carbons (Fsp3) is 0.600. The molecule has 0 saturated carbocycles. The highest BCUT2D eigenvalue weighted by atomic mass is 19.4. The minimum absolute atomic E-state index is 0.0169. The third-order valence-corrected chi connectivity index (χ3v) is 3.27. The molecule has 114 valence electrons. The Morgan fingerprint density at radius 1 is 1.10 bits per heavy atom. The van der Waals surface area contributed by atoms with Gasteiger partial charge >= 0.3 is 6.18 Å². The van der Waals surface area contributed by atoms with Gasteiger partial charge in [-0.15, -0.1) is 0 Å². The van der Waals surface area contributed by atoms with Crippen LogP contribution in [0.15, 0.2) is 18.2 Å². The van der Waals surface area contributed by atoms with Crippen LogP contribution in [0.3, 0.4) is 0 Å². The summed E-state index contributed by atoms with van der Waals surface area (Å²) in [7, 11) is 1.69. The number of benzene rings is 1. The molecule has 1 unspecified atom stereocenters. The smallest absolute Gasteiger partial charge is 0.324 e. The van der Waals surface area contributed by atoms with Crippen molar-refractivity contribution in [1.29, 1.82) is 0 Å². The first-order valence-corrected chi connectivity index (χ1v) is 6.76. The van der Waals surface area contributed by atoms with E-state index < -0.39 is 12.6 Å². The zero-order valence-electron chi connectivity index (χ0n) is 12.3. The maximum Gasteiger partial charge on any atom is 0.390 e. The van der Waals surface area contributed by atoms with Gasteiger partial charge in [0.1, 0.15) is 0 Å². The van der Waals surface area contributed by atoms with Crippen LogP contribution in [-0.4, -0.2) is 31.2 Å². The zero-order valence-corrected chi connectivity index (χ0v) is 12.3. The molecule has 2 N–H and O–H groups in total. The molecule has 0 aliphatic rings. The highest BCUT2D eigenvalue weighted by Gasteiger charge is 2.27. The minimum Gasteiger partial charge on any atom is -0.324 e. The van der Waals surface area contributed by atoms with Crippen LogP contribution in [0.5, 0.6) is 0 Å². The summed E-state index contributed by atoms with van der Waals surface area (Å²) in [6.07, 6.45) is -4.22. The van der Waals surface area contributed by atoms with Gasteiger partial charge in [0, 0.05) is 12.6 Å². The molecule has 20 heavy (non-hydrogen) atoms. The van der Waals surface area contributed by atoms with E-state index in [1.54, 1.807) is 11.9 Å². The molecule has 1 aromatic carbocycles. The number of rotatable bonds is 6. The first-order chi connectivity index (χ1) is 9.17. The summed E-state index contributed by atoms with van der Waals surface area (Å²) in [6, 6.07) is 6.01. The van der Waals surface area contributed by atoms with Crippen molar-refractivity contribution in [2.75, 3.05) is 20.1 Å². The number of aryl methyl sites for hydroxylation is 2. The van der Waals surface area contributed by atoms with E-state index in [4.69, 9.17) is 5.73 Å². The predicted octanol–water partition coefficient (Wildman–Crippen LogP) is 3.58. The topological polar surface area (TPSA) is 29.3 Å². The molecule has 0 aromatic heterocycles. The molecule has 0 aliphatic heterocycles. The number of nitrogens with two attached hydrogens (primary N) is 1. The van der Waals surface area contributed by atoms with E-state index in [-0.39, 0.29) is 12.6 Å². The molecule has 0 heterocycles. The van der Waals surface area contributed by atoms with Crippen LogP contribution in [0.1, 0.15) is 35.6 Å². The molecular weight excluding hydrogens is 265 g/mol. The van der Waals surface area contributed by atoms with Crippen LogP contribution < -0.4 is 5.73 Å². The van der Waals surface area contributed by atoms with Crippen LogP contribution in [-0.2, 0) is 0 Å². The summed E-state index contributed by atoms with van der Waals surface area (Å²) in [6.45, 7) is 4.60. The van der Waals surface area contributed by atoms with Gasteiger partial charge in [-0.2, -0.15) is 13.2 Å². The quantitative estimate of drug-likeness (QED) is 0.867. The molecule has 0 saturated heterocycles. The Hall–Kier alpha value is -1.07. The van der Waals surface area contributed by atoms with Gasteiger partial charge in [-0.3, -0.25) is 0 Å². The van der Waals surface area contributed by atoms with Crippen LogP contribution in [0, 0.1) is 13.8 Å². The van der Waals surface area contributed by atoms with E-state index in [0.29, 0.717) is 13.0 Å². The largest absolute Gasteiger partial charge is 0.390 e. The van der Waals surface area contributed by atoms with Crippen LogP contribution in [0.25, 0.3) is 0 Å². The Balaban J connectivity index is 2.44. The van der Waals surface area contributed by atoms with Gasteiger partial charge in [-0.25, -0.2) is 0 Å². The summed E-state index contributed by atoms with van der Waals surface area (Å²) in [5.41, 5.74) is 9.47. The molecule has 1 aromatic rings. The van der Waals surface area contributed by atoms with E-state index >= 15 is 0 Å².